The molecule has 1 aliphatic carbocycles. The largest absolute Gasteiger partial charge is 0.447 e. The van der Waals surface area contributed by atoms with Gasteiger partial charge in [-0.1, -0.05) is 74.7 Å². The van der Waals surface area contributed by atoms with Crippen molar-refractivity contribution in [2.75, 3.05) is 45.0 Å². The molecule has 0 aromatic heterocycles. The Balaban J connectivity index is 1.31. The van der Waals surface area contributed by atoms with Crippen LogP contribution in [0.4, 0.5) is 4.79 Å². The third-order valence-electron chi connectivity index (χ3n) is 8.34. The Morgan fingerprint density at radius 1 is 1.07 bits per heavy atom. The summed E-state index contributed by atoms with van der Waals surface area (Å²) in [4.78, 5) is 30.8. The smallest absolute Gasteiger partial charge is 0.411 e. The van der Waals surface area contributed by atoms with Gasteiger partial charge in [-0.15, -0.1) is 11.8 Å². The fourth-order valence-electron chi connectivity index (χ4n) is 5.93. The van der Waals surface area contributed by atoms with Crippen LogP contribution >= 0.6 is 24.0 Å². The average molecular weight is 591 g/mol. The Kier molecular flexibility index (Phi) is 12.8. The predicted octanol–water partition coefficient (Wildman–Crippen LogP) is 4.57. The molecule has 10 heteroatoms. The standard InChI is InChI=1S/C30H46N4O4S2/c1-37-18-19-38-30(36)34-22-40-21-27(34)28(35)32-26(13-12-23-8-4-2-5-9-23)29(39)31-25-14-16-33(17-15-25)20-24-10-6-3-7-11-24/h3,6-7,10-11,23,25-27H,2,4-5,8-9,12-22H2,1H3,(H,31,39)(H,32,35)/t26-,27+/m1/s1. The minimum atomic E-state index is -0.554. The number of thiocarbonyl (C=S) groups is 1. The van der Waals surface area contributed by atoms with E-state index in [1.165, 1.54) is 42.6 Å². The molecule has 2 atom stereocenters. The quantitative estimate of drug-likeness (QED) is 0.271. The number of carbonyl (C=O) groups is 2. The van der Waals surface area contributed by atoms with Crippen molar-refractivity contribution >= 4 is 41.0 Å². The number of nitrogens with one attached hydrogen (secondary N) is 2. The van der Waals surface area contributed by atoms with E-state index < -0.39 is 12.1 Å². The van der Waals surface area contributed by atoms with E-state index in [0.717, 1.165) is 50.3 Å². The third-order valence-corrected chi connectivity index (χ3v) is 9.75. The van der Waals surface area contributed by atoms with E-state index in [0.29, 0.717) is 30.2 Å². The lowest BCUT2D eigenvalue weighted by molar-refractivity contribution is -0.125. The summed E-state index contributed by atoms with van der Waals surface area (Å²) in [5.74, 6) is 1.55. The molecule has 2 N–H and O–H groups in total. The van der Waals surface area contributed by atoms with Gasteiger partial charge in [0, 0.05) is 38.5 Å². The van der Waals surface area contributed by atoms with Crippen LogP contribution < -0.4 is 10.6 Å². The van der Waals surface area contributed by atoms with Gasteiger partial charge in [-0.2, -0.15) is 0 Å². The van der Waals surface area contributed by atoms with E-state index in [-0.39, 0.29) is 18.6 Å². The zero-order valence-corrected chi connectivity index (χ0v) is 25.5. The number of piperidine rings is 1. The summed E-state index contributed by atoms with van der Waals surface area (Å²) in [6.45, 7) is 3.52. The maximum Gasteiger partial charge on any atom is 0.411 e. The summed E-state index contributed by atoms with van der Waals surface area (Å²) in [5, 5.41) is 6.86. The van der Waals surface area contributed by atoms with Crippen LogP contribution in [0, 0.1) is 5.92 Å². The second-order valence-corrected chi connectivity index (χ2v) is 12.7. The zero-order valence-electron chi connectivity index (χ0n) is 23.9. The van der Waals surface area contributed by atoms with Gasteiger partial charge in [0.15, 0.2) is 0 Å². The number of thioether (sulfide) groups is 1. The molecular weight excluding hydrogens is 544 g/mol. The van der Waals surface area contributed by atoms with Crippen molar-refractivity contribution < 1.29 is 19.1 Å². The van der Waals surface area contributed by atoms with Gasteiger partial charge in [-0.25, -0.2) is 4.79 Å². The second kappa shape index (κ2) is 16.5. The lowest BCUT2D eigenvalue weighted by atomic mass is 9.85. The minimum Gasteiger partial charge on any atom is -0.447 e. The third kappa shape index (κ3) is 9.60. The first-order valence-electron chi connectivity index (χ1n) is 14.9. The number of nitrogens with zero attached hydrogens (tertiary/aromatic N) is 2. The van der Waals surface area contributed by atoms with E-state index in [2.05, 4.69) is 45.9 Å². The molecule has 1 aromatic carbocycles. The monoisotopic (exact) mass is 590 g/mol. The fourth-order valence-corrected chi connectivity index (χ4v) is 7.41. The molecule has 2 heterocycles. The highest BCUT2D eigenvalue weighted by molar-refractivity contribution is 7.99. The summed E-state index contributed by atoms with van der Waals surface area (Å²) in [7, 11) is 1.56. The van der Waals surface area contributed by atoms with Crippen molar-refractivity contribution in [3.63, 3.8) is 0 Å². The normalized spacial score (nSPS) is 21.6. The van der Waals surface area contributed by atoms with E-state index >= 15 is 0 Å². The number of likely N-dealkylation sites (tertiary alicyclic amines) is 1. The number of carbonyl (C=O) groups excluding carboxylic acids is 2. The average Bonchev–Trinajstić information content (AvgIpc) is 3.48. The maximum atomic E-state index is 13.5. The molecule has 3 aliphatic rings. The lowest BCUT2D eigenvalue weighted by Gasteiger charge is -2.34. The Bertz CT molecular complexity index is 939. The lowest BCUT2D eigenvalue weighted by Crippen LogP contribution is -2.55. The predicted molar refractivity (Wildman–Crippen MR) is 164 cm³/mol. The molecule has 2 aliphatic heterocycles. The molecule has 0 unspecified atom stereocenters. The number of ether oxygens (including phenoxy) is 2. The zero-order chi connectivity index (χ0) is 28.2. The highest BCUT2D eigenvalue weighted by atomic mass is 32.2. The molecule has 1 aromatic rings. The number of hydrogen-bond acceptors (Lipinski definition) is 7. The molecule has 0 bridgehead atoms. The van der Waals surface area contributed by atoms with Crippen molar-refractivity contribution in [1.29, 1.82) is 0 Å². The van der Waals surface area contributed by atoms with Crippen LogP contribution in [0.1, 0.15) is 63.4 Å². The number of amides is 2. The molecule has 222 valence electrons. The second-order valence-electron chi connectivity index (χ2n) is 11.3. The Hall–Kier alpha value is -1.88. The summed E-state index contributed by atoms with van der Waals surface area (Å²) < 4.78 is 10.3. The SMILES string of the molecule is COCCOC(=O)N1CSC[C@H]1C(=O)N[C@H](CCC1CCCCC1)C(=S)NC1CCN(Cc2ccccc2)CC1. The van der Waals surface area contributed by atoms with E-state index in [1.807, 2.05) is 0 Å². The number of methoxy groups -OCH3 is 1. The van der Waals surface area contributed by atoms with Crippen LogP contribution in [0.15, 0.2) is 30.3 Å². The Morgan fingerprint density at radius 2 is 1.82 bits per heavy atom. The molecule has 2 amide bonds. The summed E-state index contributed by atoms with van der Waals surface area (Å²) >= 11 is 7.51. The summed E-state index contributed by atoms with van der Waals surface area (Å²) in [5.41, 5.74) is 1.34. The number of benzene rings is 1. The summed E-state index contributed by atoms with van der Waals surface area (Å²) in [6, 6.07) is 10.1. The van der Waals surface area contributed by atoms with Gasteiger partial charge in [-0.05, 0) is 37.2 Å². The molecule has 0 spiro atoms. The van der Waals surface area contributed by atoms with Gasteiger partial charge >= 0.3 is 6.09 Å². The van der Waals surface area contributed by atoms with Crippen LogP contribution in [-0.4, -0.2) is 90.0 Å². The number of hydrogen-bond donors (Lipinski definition) is 2. The molecule has 0 radical (unpaired) electrons. The van der Waals surface area contributed by atoms with Gasteiger partial charge in [-0.3, -0.25) is 14.6 Å². The molecule has 1 saturated carbocycles. The first-order chi connectivity index (χ1) is 19.5. The van der Waals surface area contributed by atoms with Crippen LogP contribution in [-0.2, 0) is 20.8 Å². The van der Waals surface area contributed by atoms with Crippen molar-refractivity contribution in [2.45, 2.75) is 82.5 Å². The van der Waals surface area contributed by atoms with Crippen molar-refractivity contribution in [3.8, 4) is 0 Å². The first-order valence-corrected chi connectivity index (χ1v) is 16.5. The molecular formula is C30H46N4O4S2. The van der Waals surface area contributed by atoms with Gasteiger partial charge in [0.1, 0.15) is 12.6 Å². The molecule has 2 saturated heterocycles. The molecule has 40 heavy (non-hydrogen) atoms. The molecule has 4 rings (SSSR count). The van der Waals surface area contributed by atoms with E-state index in [1.54, 1.807) is 18.9 Å². The van der Waals surface area contributed by atoms with Crippen molar-refractivity contribution in [3.05, 3.63) is 35.9 Å². The summed E-state index contributed by atoms with van der Waals surface area (Å²) in [6.07, 6.45) is 9.92. The molecule has 8 nitrogen and oxygen atoms in total. The number of rotatable bonds is 12. The van der Waals surface area contributed by atoms with E-state index in [9.17, 15) is 9.59 Å². The molecule has 3 fully saturated rings. The van der Waals surface area contributed by atoms with Gasteiger partial charge in [0.05, 0.1) is 23.5 Å². The van der Waals surface area contributed by atoms with Crippen LogP contribution in [0.2, 0.25) is 0 Å². The Morgan fingerprint density at radius 3 is 2.55 bits per heavy atom. The van der Waals surface area contributed by atoms with Gasteiger partial charge in [0.2, 0.25) is 5.91 Å². The van der Waals surface area contributed by atoms with Gasteiger partial charge < -0.3 is 20.1 Å². The van der Waals surface area contributed by atoms with Crippen LogP contribution in [0.25, 0.3) is 0 Å². The van der Waals surface area contributed by atoms with Crippen LogP contribution in [0.3, 0.4) is 0 Å². The van der Waals surface area contributed by atoms with Crippen LogP contribution in [0.5, 0.6) is 0 Å². The van der Waals surface area contributed by atoms with Crippen molar-refractivity contribution in [2.24, 2.45) is 5.92 Å². The first kappa shape index (κ1) is 31.1. The van der Waals surface area contributed by atoms with Crippen molar-refractivity contribution in [1.82, 2.24) is 20.4 Å². The minimum absolute atomic E-state index is 0.149. The van der Waals surface area contributed by atoms with E-state index in [4.69, 9.17) is 21.7 Å². The highest BCUT2D eigenvalue weighted by Crippen LogP contribution is 2.28. The van der Waals surface area contributed by atoms with Gasteiger partial charge in [0.25, 0.3) is 0 Å². The Labute approximate surface area is 249 Å². The highest BCUT2D eigenvalue weighted by Gasteiger charge is 2.37. The topological polar surface area (TPSA) is 83.1 Å². The maximum absolute atomic E-state index is 13.5. The fraction of sp³-hybridized carbons (Fsp3) is 0.700.